The molecule has 1 aromatic carbocycles. The van der Waals surface area contributed by atoms with Crippen LogP contribution >= 0.6 is 70.7 Å². The molecule has 90 valence electrons. The van der Waals surface area contributed by atoms with Gasteiger partial charge in [-0.3, -0.25) is 0 Å². The van der Waals surface area contributed by atoms with E-state index in [4.69, 9.17) is 11.6 Å². The molecule has 17 heavy (non-hydrogen) atoms. The van der Waals surface area contributed by atoms with E-state index in [1.165, 1.54) is 5.56 Å². The molecule has 0 saturated carbocycles. The Morgan fingerprint density at radius 3 is 2.47 bits per heavy atom. The number of hydrogen-bond donors (Lipinski definition) is 0. The molecule has 0 saturated heterocycles. The van der Waals surface area contributed by atoms with Crippen molar-refractivity contribution in [1.82, 2.24) is 0 Å². The maximum atomic E-state index is 6.54. The van der Waals surface area contributed by atoms with Crippen LogP contribution in [0.3, 0.4) is 0 Å². The van der Waals surface area contributed by atoms with E-state index in [0.29, 0.717) is 0 Å². The number of thiophene rings is 1. The highest BCUT2D eigenvalue weighted by molar-refractivity contribution is 9.13. The lowest BCUT2D eigenvalue weighted by atomic mass is 10.0. The third kappa shape index (κ3) is 3.16. The fourth-order valence-corrected chi connectivity index (χ4v) is 4.42. The first-order valence-corrected chi connectivity index (χ1v) is 8.47. The monoisotopic (exact) mass is 456 g/mol. The predicted molar refractivity (Wildman–Crippen MR) is 86.3 cm³/mol. The Morgan fingerprint density at radius 2 is 1.88 bits per heavy atom. The number of aryl methyl sites for hydroxylation is 1. The first-order valence-electron chi connectivity index (χ1n) is 4.84. The van der Waals surface area contributed by atoms with E-state index in [2.05, 4.69) is 72.9 Å². The quantitative estimate of drug-likeness (QED) is 0.440. The van der Waals surface area contributed by atoms with Gasteiger partial charge in [0.1, 0.15) is 0 Å². The van der Waals surface area contributed by atoms with E-state index in [1.807, 2.05) is 6.07 Å². The molecule has 0 aliphatic heterocycles. The smallest absolute Gasteiger partial charge is 0.0931 e. The fourth-order valence-electron chi connectivity index (χ4n) is 1.53. The van der Waals surface area contributed by atoms with E-state index in [1.54, 1.807) is 11.3 Å². The van der Waals surface area contributed by atoms with Gasteiger partial charge in [0.05, 0.1) is 9.16 Å². The van der Waals surface area contributed by atoms with Gasteiger partial charge in [-0.1, -0.05) is 22.0 Å². The van der Waals surface area contributed by atoms with Gasteiger partial charge in [0.15, 0.2) is 0 Å². The standard InChI is InChI=1S/C12H8Br3ClS/c1-6-2-3-7(13)4-8(6)11(16)10-5-9(14)12(15)17-10/h2-5,11H,1H3. The van der Waals surface area contributed by atoms with Crippen LogP contribution in [-0.2, 0) is 0 Å². The Morgan fingerprint density at radius 1 is 1.18 bits per heavy atom. The summed E-state index contributed by atoms with van der Waals surface area (Å²) in [5, 5.41) is -0.111. The lowest BCUT2D eigenvalue weighted by Crippen LogP contribution is -1.93. The van der Waals surface area contributed by atoms with Gasteiger partial charge >= 0.3 is 0 Å². The van der Waals surface area contributed by atoms with Crippen LogP contribution in [0.25, 0.3) is 0 Å². The van der Waals surface area contributed by atoms with Crippen LogP contribution < -0.4 is 0 Å². The van der Waals surface area contributed by atoms with Crippen molar-refractivity contribution in [3.63, 3.8) is 0 Å². The topological polar surface area (TPSA) is 0 Å². The van der Waals surface area contributed by atoms with Crippen molar-refractivity contribution in [1.29, 1.82) is 0 Å². The average molecular weight is 459 g/mol. The minimum Gasteiger partial charge on any atom is -0.130 e. The summed E-state index contributed by atoms with van der Waals surface area (Å²) in [6, 6.07) is 8.25. The number of benzene rings is 1. The van der Waals surface area contributed by atoms with Crippen LogP contribution in [0.15, 0.2) is 37.0 Å². The molecule has 1 heterocycles. The van der Waals surface area contributed by atoms with Crippen molar-refractivity contribution in [2.45, 2.75) is 12.3 Å². The first-order chi connectivity index (χ1) is 7.99. The van der Waals surface area contributed by atoms with Crippen LogP contribution in [0.1, 0.15) is 21.4 Å². The second-order valence-electron chi connectivity index (χ2n) is 3.63. The summed E-state index contributed by atoms with van der Waals surface area (Å²) < 4.78 is 3.18. The second kappa shape index (κ2) is 5.74. The van der Waals surface area contributed by atoms with Crippen molar-refractivity contribution >= 4 is 70.7 Å². The van der Waals surface area contributed by atoms with Gasteiger partial charge in [-0.25, -0.2) is 0 Å². The number of halogens is 4. The van der Waals surface area contributed by atoms with Gasteiger partial charge in [-0.15, -0.1) is 22.9 Å². The average Bonchev–Trinajstić information content (AvgIpc) is 2.62. The van der Waals surface area contributed by atoms with Crippen molar-refractivity contribution in [2.75, 3.05) is 0 Å². The maximum Gasteiger partial charge on any atom is 0.0931 e. The molecule has 5 heteroatoms. The Balaban J connectivity index is 2.42. The fraction of sp³-hybridized carbons (Fsp3) is 0.167. The molecule has 0 spiro atoms. The zero-order chi connectivity index (χ0) is 12.6. The molecule has 2 aromatic rings. The Bertz CT molecular complexity index is 531. The van der Waals surface area contributed by atoms with Crippen molar-refractivity contribution in [2.24, 2.45) is 0 Å². The van der Waals surface area contributed by atoms with E-state index in [0.717, 1.165) is 23.2 Å². The molecule has 0 fully saturated rings. The molecular formula is C12H8Br3ClS. The third-order valence-corrected chi connectivity index (χ3v) is 6.84. The summed E-state index contributed by atoms with van der Waals surface area (Å²) >= 11 is 18.7. The van der Waals surface area contributed by atoms with E-state index < -0.39 is 0 Å². The molecule has 0 radical (unpaired) electrons. The van der Waals surface area contributed by atoms with Crippen LogP contribution in [0.4, 0.5) is 0 Å². The van der Waals surface area contributed by atoms with Gasteiger partial charge < -0.3 is 0 Å². The molecule has 0 N–H and O–H groups in total. The van der Waals surface area contributed by atoms with Gasteiger partial charge in [0.2, 0.25) is 0 Å². The van der Waals surface area contributed by atoms with E-state index in [-0.39, 0.29) is 5.38 Å². The summed E-state index contributed by atoms with van der Waals surface area (Å²) in [4.78, 5) is 1.13. The lowest BCUT2D eigenvalue weighted by Gasteiger charge is -2.11. The molecule has 1 unspecified atom stereocenters. The maximum absolute atomic E-state index is 6.54. The second-order valence-corrected chi connectivity index (χ2v) is 8.24. The van der Waals surface area contributed by atoms with Gasteiger partial charge in [-0.05, 0) is 68.1 Å². The summed E-state index contributed by atoms with van der Waals surface area (Å²) in [6.45, 7) is 2.08. The Labute approximate surface area is 135 Å². The third-order valence-electron chi connectivity index (χ3n) is 2.43. The van der Waals surface area contributed by atoms with E-state index >= 15 is 0 Å². The number of alkyl halides is 1. The molecule has 0 amide bonds. The minimum absolute atomic E-state index is 0.111. The highest BCUT2D eigenvalue weighted by Crippen LogP contribution is 2.41. The number of rotatable bonds is 2. The van der Waals surface area contributed by atoms with Crippen molar-refractivity contribution < 1.29 is 0 Å². The first kappa shape index (κ1) is 14.1. The van der Waals surface area contributed by atoms with Gasteiger partial charge in [0.25, 0.3) is 0 Å². The normalized spacial score (nSPS) is 12.8. The summed E-state index contributed by atoms with van der Waals surface area (Å²) in [6.07, 6.45) is 0. The SMILES string of the molecule is Cc1ccc(Br)cc1C(Cl)c1cc(Br)c(Br)s1. The Kier molecular flexibility index (Phi) is 4.75. The minimum atomic E-state index is -0.111. The summed E-state index contributed by atoms with van der Waals surface area (Å²) in [7, 11) is 0. The van der Waals surface area contributed by atoms with Gasteiger partial charge in [0, 0.05) is 13.8 Å². The highest BCUT2D eigenvalue weighted by Gasteiger charge is 2.17. The zero-order valence-electron chi connectivity index (χ0n) is 8.81. The molecule has 0 aliphatic rings. The van der Waals surface area contributed by atoms with Crippen LogP contribution in [0.5, 0.6) is 0 Å². The van der Waals surface area contributed by atoms with Crippen molar-refractivity contribution in [3.05, 3.63) is 53.0 Å². The lowest BCUT2D eigenvalue weighted by molar-refractivity contribution is 1.14. The largest absolute Gasteiger partial charge is 0.130 e. The molecule has 0 bridgehead atoms. The number of hydrogen-bond acceptors (Lipinski definition) is 1. The molecule has 1 atom stereocenters. The van der Waals surface area contributed by atoms with Crippen LogP contribution in [0.2, 0.25) is 0 Å². The van der Waals surface area contributed by atoms with Crippen LogP contribution in [-0.4, -0.2) is 0 Å². The van der Waals surface area contributed by atoms with Crippen molar-refractivity contribution in [3.8, 4) is 0 Å². The zero-order valence-corrected chi connectivity index (χ0v) is 15.1. The Hall–Kier alpha value is 0.650. The molecule has 2 rings (SSSR count). The van der Waals surface area contributed by atoms with E-state index in [9.17, 15) is 0 Å². The molecule has 0 aliphatic carbocycles. The highest BCUT2D eigenvalue weighted by atomic mass is 79.9. The molecule has 1 aromatic heterocycles. The van der Waals surface area contributed by atoms with Crippen LogP contribution in [0, 0.1) is 6.92 Å². The predicted octanol–water partition coefficient (Wildman–Crippen LogP) is 6.67. The summed E-state index contributed by atoms with van der Waals surface area (Å²) in [5.74, 6) is 0. The van der Waals surface area contributed by atoms with Gasteiger partial charge in [-0.2, -0.15) is 0 Å². The molecule has 0 nitrogen and oxygen atoms in total. The summed E-state index contributed by atoms with van der Waals surface area (Å²) in [5.41, 5.74) is 2.34. The molecular weight excluding hydrogens is 451 g/mol.